The van der Waals surface area contributed by atoms with Crippen molar-refractivity contribution in [3.8, 4) is 0 Å². The molecule has 10 heteroatoms. The number of halogens is 3. The highest BCUT2D eigenvalue weighted by molar-refractivity contribution is 7.98. The Hall–Kier alpha value is -1.68. The molecule has 1 N–H and O–H groups in total. The number of hydrogen-bond acceptors (Lipinski definition) is 4. The van der Waals surface area contributed by atoms with Gasteiger partial charge in [-0.1, -0.05) is 29.8 Å². The second-order valence-corrected chi connectivity index (χ2v) is 11.1. The number of sulfonamides is 1. The van der Waals surface area contributed by atoms with Gasteiger partial charge in [-0.25, -0.2) is 21.5 Å². The lowest BCUT2D eigenvalue weighted by molar-refractivity contribution is -0.125. The van der Waals surface area contributed by atoms with Crippen LogP contribution in [0.3, 0.4) is 0 Å². The van der Waals surface area contributed by atoms with Crippen LogP contribution < -0.4 is 5.32 Å². The monoisotopic (exact) mass is 502 g/mol. The Labute approximate surface area is 196 Å². The fourth-order valence-electron chi connectivity index (χ4n) is 3.51. The van der Waals surface area contributed by atoms with Crippen molar-refractivity contribution in [1.29, 1.82) is 0 Å². The van der Waals surface area contributed by atoms with Gasteiger partial charge in [0, 0.05) is 47.6 Å². The zero-order chi connectivity index (χ0) is 23.1. The summed E-state index contributed by atoms with van der Waals surface area (Å²) < 4.78 is 53.4. The third-order valence-corrected chi connectivity index (χ3v) is 8.52. The molecule has 1 amide bonds. The molecule has 3 rings (SSSR count). The largest absolute Gasteiger partial charge is 0.355 e. The van der Waals surface area contributed by atoms with Gasteiger partial charge in [-0.2, -0.15) is 11.8 Å². The maximum absolute atomic E-state index is 13.8. The van der Waals surface area contributed by atoms with E-state index >= 15 is 0 Å². The van der Waals surface area contributed by atoms with E-state index in [1.807, 2.05) is 0 Å². The van der Waals surface area contributed by atoms with Crippen molar-refractivity contribution in [2.75, 3.05) is 25.4 Å². The van der Waals surface area contributed by atoms with Gasteiger partial charge in [0.2, 0.25) is 15.9 Å². The number of carbonyl (C=O) groups excluding carboxylic acids is 1. The average molecular weight is 503 g/mol. The van der Waals surface area contributed by atoms with Gasteiger partial charge in [-0.3, -0.25) is 4.79 Å². The van der Waals surface area contributed by atoms with E-state index in [9.17, 15) is 22.0 Å². The van der Waals surface area contributed by atoms with E-state index in [1.54, 1.807) is 12.1 Å². The molecule has 0 radical (unpaired) electrons. The zero-order valence-corrected chi connectivity index (χ0v) is 19.8. The molecule has 1 fully saturated rings. The van der Waals surface area contributed by atoms with Gasteiger partial charge in [0.1, 0.15) is 11.6 Å². The molecular formula is C22H25ClF2N2O3S2. The first-order valence-electron chi connectivity index (χ1n) is 10.3. The normalized spacial score (nSPS) is 15.6. The molecule has 32 heavy (non-hydrogen) atoms. The van der Waals surface area contributed by atoms with Crippen molar-refractivity contribution in [2.24, 2.45) is 5.92 Å². The highest BCUT2D eigenvalue weighted by Gasteiger charge is 2.31. The smallest absolute Gasteiger partial charge is 0.223 e. The molecule has 0 aliphatic carbocycles. The fraction of sp³-hybridized carbons (Fsp3) is 0.409. The third-order valence-electron chi connectivity index (χ3n) is 5.33. The summed E-state index contributed by atoms with van der Waals surface area (Å²) in [5.74, 6) is -0.230. The number of nitrogens with zero attached hydrogens (tertiary/aromatic N) is 1. The van der Waals surface area contributed by atoms with E-state index in [-0.39, 0.29) is 36.5 Å². The SMILES string of the molecule is O=C(NCCSCc1c(F)cccc1Cl)C1CCN(S(=O)(=O)Cc2ccc(F)cc2)CC1. The Morgan fingerprint density at radius 2 is 1.81 bits per heavy atom. The third kappa shape index (κ3) is 6.91. The van der Waals surface area contributed by atoms with E-state index in [2.05, 4.69) is 5.32 Å². The van der Waals surface area contributed by atoms with Crippen LogP contribution in [0.25, 0.3) is 0 Å². The Kier molecular flexibility index (Phi) is 8.93. The van der Waals surface area contributed by atoms with E-state index in [0.29, 0.717) is 47.0 Å². The molecule has 1 heterocycles. The summed E-state index contributed by atoms with van der Waals surface area (Å²) in [6.07, 6.45) is 0.902. The standard InChI is InChI=1S/C22H25ClF2N2O3S2/c23-20-2-1-3-21(25)19(20)14-31-13-10-26-22(28)17-8-11-27(12-9-17)32(29,30)15-16-4-6-18(24)7-5-16/h1-7,17H,8-15H2,(H,26,28). The maximum Gasteiger partial charge on any atom is 0.223 e. The molecule has 0 atom stereocenters. The predicted molar refractivity (Wildman–Crippen MR) is 124 cm³/mol. The minimum atomic E-state index is -3.52. The summed E-state index contributed by atoms with van der Waals surface area (Å²) in [4.78, 5) is 12.4. The van der Waals surface area contributed by atoms with Crippen LogP contribution >= 0.6 is 23.4 Å². The van der Waals surface area contributed by atoms with Crippen LogP contribution in [0.1, 0.15) is 24.0 Å². The van der Waals surface area contributed by atoms with Gasteiger partial charge in [-0.05, 0) is 42.7 Å². The van der Waals surface area contributed by atoms with Crippen molar-refractivity contribution in [2.45, 2.75) is 24.3 Å². The van der Waals surface area contributed by atoms with Gasteiger partial charge in [0.05, 0.1) is 5.75 Å². The molecule has 0 spiro atoms. The van der Waals surface area contributed by atoms with E-state index in [0.717, 1.165) is 0 Å². The first-order chi connectivity index (χ1) is 15.3. The number of piperidine rings is 1. The summed E-state index contributed by atoms with van der Waals surface area (Å²) in [6.45, 7) is 1.00. The minimum Gasteiger partial charge on any atom is -0.355 e. The number of amides is 1. The number of nitrogens with one attached hydrogen (secondary N) is 1. The topological polar surface area (TPSA) is 66.5 Å². The number of carbonyl (C=O) groups is 1. The number of rotatable bonds is 9. The second-order valence-electron chi connectivity index (χ2n) is 7.60. The van der Waals surface area contributed by atoms with Crippen LogP contribution in [0.4, 0.5) is 8.78 Å². The van der Waals surface area contributed by atoms with Crippen LogP contribution in [0.15, 0.2) is 42.5 Å². The lowest BCUT2D eigenvalue weighted by Gasteiger charge is -2.30. The first kappa shape index (κ1) is 25.0. The van der Waals surface area contributed by atoms with Gasteiger partial charge >= 0.3 is 0 Å². The second kappa shape index (κ2) is 11.4. The highest BCUT2D eigenvalue weighted by Crippen LogP contribution is 2.24. The molecule has 0 bridgehead atoms. The molecule has 1 aliphatic heterocycles. The Morgan fingerprint density at radius 3 is 2.47 bits per heavy atom. The Balaban J connectivity index is 1.38. The van der Waals surface area contributed by atoms with Crippen LogP contribution in [-0.2, 0) is 26.3 Å². The molecule has 1 aliphatic rings. The highest BCUT2D eigenvalue weighted by atomic mass is 35.5. The minimum absolute atomic E-state index is 0.0925. The number of thioether (sulfide) groups is 1. The van der Waals surface area contributed by atoms with Crippen LogP contribution in [0, 0.1) is 17.6 Å². The molecular weight excluding hydrogens is 478 g/mol. The summed E-state index contributed by atoms with van der Waals surface area (Å²) in [5.41, 5.74) is 0.986. The van der Waals surface area contributed by atoms with Crippen molar-refractivity contribution in [1.82, 2.24) is 9.62 Å². The Bertz CT molecular complexity index is 1010. The first-order valence-corrected chi connectivity index (χ1v) is 13.4. The van der Waals surface area contributed by atoms with Crippen molar-refractivity contribution in [3.05, 3.63) is 70.2 Å². The molecule has 2 aromatic carbocycles. The number of hydrogen-bond donors (Lipinski definition) is 1. The summed E-state index contributed by atoms with van der Waals surface area (Å²) in [7, 11) is -3.52. The maximum atomic E-state index is 13.8. The average Bonchev–Trinajstić information content (AvgIpc) is 2.77. The molecule has 0 unspecified atom stereocenters. The lowest BCUT2D eigenvalue weighted by Crippen LogP contribution is -2.43. The van der Waals surface area contributed by atoms with Crippen LogP contribution in [0.2, 0.25) is 5.02 Å². The molecule has 1 saturated heterocycles. The van der Waals surface area contributed by atoms with E-state index in [4.69, 9.17) is 11.6 Å². The lowest BCUT2D eigenvalue weighted by atomic mass is 9.97. The molecule has 2 aromatic rings. The van der Waals surface area contributed by atoms with Gasteiger partial charge in [0.15, 0.2) is 0 Å². The molecule has 0 aromatic heterocycles. The van der Waals surface area contributed by atoms with Gasteiger partial charge < -0.3 is 5.32 Å². The van der Waals surface area contributed by atoms with E-state index in [1.165, 1.54) is 46.4 Å². The zero-order valence-electron chi connectivity index (χ0n) is 17.4. The summed E-state index contributed by atoms with van der Waals surface area (Å²) >= 11 is 7.48. The van der Waals surface area contributed by atoms with Crippen LogP contribution in [-0.4, -0.2) is 44.0 Å². The van der Waals surface area contributed by atoms with Crippen LogP contribution in [0.5, 0.6) is 0 Å². The summed E-state index contributed by atoms with van der Waals surface area (Å²) in [6, 6.07) is 9.99. The number of benzene rings is 2. The van der Waals surface area contributed by atoms with E-state index < -0.39 is 15.8 Å². The quantitative estimate of drug-likeness (QED) is 0.522. The fourth-order valence-corrected chi connectivity index (χ4v) is 6.27. The van der Waals surface area contributed by atoms with Gasteiger partial charge in [-0.15, -0.1) is 0 Å². The molecule has 174 valence electrons. The van der Waals surface area contributed by atoms with Crippen molar-refractivity contribution < 1.29 is 22.0 Å². The Morgan fingerprint density at radius 1 is 1.12 bits per heavy atom. The summed E-state index contributed by atoms with van der Waals surface area (Å²) in [5, 5.41) is 3.27. The van der Waals surface area contributed by atoms with Crippen molar-refractivity contribution >= 4 is 39.3 Å². The van der Waals surface area contributed by atoms with Crippen molar-refractivity contribution in [3.63, 3.8) is 0 Å². The molecule has 0 saturated carbocycles. The predicted octanol–water partition coefficient (Wildman–Crippen LogP) is 4.21. The van der Waals surface area contributed by atoms with Gasteiger partial charge in [0.25, 0.3) is 0 Å². The molecule has 5 nitrogen and oxygen atoms in total.